The van der Waals surface area contributed by atoms with Crippen molar-refractivity contribution in [3.63, 3.8) is 0 Å². The number of furan rings is 1. The predicted octanol–water partition coefficient (Wildman–Crippen LogP) is 3.20. The number of hydrogen-bond donors (Lipinski definition) is 1. The molecule has 2 N–H and O–H groups in total. The molecule has 3 rings (SSSR count). The fourth-order valence-corrected chi connectivity index (χ4v) is 3.99. The fourth-order valence-electron chi connectivity index (χ4n) is 3.99. The molecule has 19 heavy (non-hydrogen) atoms. The van der Waals surface area contributed by atoms with Gasteiger partial charge in [-0.25, -0.2) is 0 Å². The summed E-state index contributed by atoms with van der Waals surface area (Å²) in [5.74, 6) is 2.92. The van der Waals surface area contributed by atoms with Crippen molar-refractivity contribution in [1.82, 2.24) is 4.90 Å². The molecule has 1 saturated heterocycles. The summed E-state index contributed by atoms with van der Waals surface area (Å²) in [6.45, 7) is 4.88. The maximum atomic E-state index is 5.68. The average molecular weight is 262 g/mol. The van der Waals surface area contributed by atoms with Gasteiger partial charge < -0.3 is 10.2 Å². The molecule has 1 aromatic rings. The van der Waals surface area contributed by atoms with E-state index >= 15 is 0 Å². The molecule has 0 bridgehead atoms. The van der Waals surface area contributed by atoms with Crippen LogP contribution >= 0.6 is 0 Å². The quantitative estimate of drug-likeness (QED) is 0.906. The van der Waals surface area contributed by atoms with Gasteiger partial charge in [0.15, 0.2) is 0 Å². The fraction of sp³-hybridized carbons (Fsp3) is 0.750. The minimum atomic E-state index is 0.507. The van der Waals surface area contributed by atoms with E-state index in [1.807, 2.05) is 0 Å². The highest BCUT2D eigenvalue weighted by molar-refractivity contribution is 5.21. The highest BCUT2D eigenvalue weighted by Crippen LogP contribution is 2.36. The van der Waals surface area contributed by atoms with E-state index in [2.05, 4.69) is 17.9 Å². The number of nitrogens with zero attached hydrogens (tertiary/aromatic N) is 1. The largest absolute Gasteiger partial charge is 0.465 e. The summed E-state index contributed by atoms with van der Waals surface area (Å²) < 4.78 is 5.68. The molecular weight excluding hydrogens is 236 g/mol. The molecule has 3 heteroatoms. The first-order chi connectivity index (χ1) is 9.28. The number of rotatable bonds is 4. The molecule has 2 fully saturated rings. The van der Waals surface area contributed by atoms with Crippen LogP contribution < -0.4 is 5.73 Å². The third-order valence-corrected chi connectivity index (χ3v) is 5.00. The highest BCUT2D eigenvalue weighted by Gasteiger charge is 2.33. The van der Waals surface area contributed by atoms with Crippen molar-refractivity contribution in [3.05, 3.63) is 23.2 Å². The molecule has 1 unspecified atom stereocenters. The molecule has 0 aromatic carbocycles. The molecule has 1 aliphatic heterocycles. The molecular formula is C16H26N2O. The van der Waals surface area contributed by atoms with Crippen LogP contribution in [0.1, 0.15) is 55.6 Å². The Hall–Kier alpha value is -0.800. The van der Waals surface area contributed by atoms with Gasteiger partial charge in [0.2, 0.25) is 0 Å². The third kappa shape index (κ3) is 2.72. The van der Waals surface area contributed by atoms with Crippen LogP contribution in [0.25, 0.3) is 0 Å². The Morgan fingerprint density at radius 1 is 1.26 bits per heavy atom. The minimum Gasteiger partial charge on any atom is -0.465 e. The Bertz CT molecular complexity index is 420. The molecule has 106 valence electrons. The predicted molar refractivity (Wildman–Crippen MR) is 76.7 cm³/mol. The van der Waals surface area contributed by atoms with Crippen LogP contribution in [0.5, 0.6) is 0 Å². The normalized spacial score (nSPS) is 25.5. The van der Waals surface area contributed by atoms with Gasteiger partial charge in [-0.1, -0.05) is 12.8 Å². The van der Waals surface area contributed by atoms with Gasteiger partial charge in [-0.05, 0) is 51.1 Å². The van der Waals surface area contributed by atoms with Crippen LogP contribution in [0.2, 0.25) is 0 Å². The van der Waals surface area contributed by atoms with E-state index in [9.17, 15) is 0 Å². The molecule has 0 radical (unpaired) electrons. The summed E-state index contributed by atoms with van der Waals surface area (Å²) in [5, 5.41) is 0. The molecule has 1 saturated carbocycles. The standard InChI is InChI=1S/C16H26N2O/c1-12-14(9-15(10-17)19-12)11-18-8-4-7-16(18)13-5-2-3-6-13/h9,13,16H,2-8,10-11,17H2,1H3. The van der Waals surface area contributed by atoms with E-state index in [1.54, 1.807) is 0 Å². The van der Waals surface area contributed by atoms with Gasteiger partial charge in [0.1, 0.15) is 11.5 Å². The smallest absolute Gasteiger partial charge is 0.118 e. The van der Waals surface area contributed by atoms with Gasteiger partial charge in [0, 0.05) is 18.2 Å². The first-order valence-corrected chi connectivity index (χ1v) is 7.80. The molecule has 1 aliphatic carbocycles. The Balaban J connectivity index is 1.68. The molecule has 3 nitrogen and oxygen atoms in total. The Morgan fingerprint density at radius 3 is 2.74 bits per heavy atom. The van der Waals surface area contributed by atoms with Crippen LogP contribution in [0.4, 0.5) is 0 Å². The monoisotopic (exact) mass is 262 g/mol. The van der Waals surface area contributed by atoms with Gasteiger partial charge in [0.25, 0.3) is 0 Å². The lowest BCUT2D eigenvalue weighted by Gasteiger charge is -2.29. The van der Waals surface area contributed by atoms with Crippen LogP contribution in [0.15, 0.2) is 10.5 Å². The summed E-state index contributed by atoms with van der Waals surface area (Å²) in [4.78, 5) is 2.69. The summed E-state index contributed by atoms with van der Waals surface area (Å²) in [6.07, 6.45) is 8.53. The van der Waals surface area contributed by atoms with Crippen molar-refractivity contribution < 1.29 is 4.42 Å². The lowest BCUT2D eigenvalue weighted by Crippen LogP contribution is -2.34. The minimum absolute atomic E-state index is 0.507. The summed E-state index contributed by atoms with van der Waals surface area (Å²) >= 11 is 0. The summed E-state index contributed by atoms with van der Waals surface area (Å²) in [5.41, 5.74) is 7.00. The van der Waals surface area contributed by atoms with Crippen molar-refractivity contribution in [3.8, 4) is 0 Å². The van der Waals surface area contributed by atoms with Crippen LogP contribution in [0, 0.1) is 12.8 Å². The molecule has 2 aliphatic rings. The van der Waals surface area contributed by atoms with Gasteiger partial charge in [-0.3, -0.25) is 4.90 Å². The van der Waals surface area contributed by atoms with Crippen molar-refractivity contribution in [1.29, 1.82) is 0 Å². The second-order valence-corrected chi connectivity index (χ2v) is 6.22. The molecule has 1 aromatic heterocycles. The van der Waals surface area contributed by atoms with Crippen LogP contribution in [0.3, 0.4) is 0 Å². The van der Waals surface area contributed by atoms with Gasteiger partial charge in [-0.2, -0.15) is 0 Å². The Kier molecular flexibility index (Phi) is 3.94. The topological polar surface area (TPSA) is 42.4 Å². The molecule has 0 spiro atoms. The zero-order valence-corrected chi connectivity index (χ0v) is 12.0. The molecule has 0 amide bonds. The van der Waals surface area contributed by atoms with E-state index in [-0.39, 0.29) is 0 Å². The molecule has 2 heterocycles. The van der Waals surface area contributed by atoms with E-state index in [0.29, 0.717) is 6.54 Å². The zero-order valence-electron chi connectivity index (χ0n) is 12.0. The maximum Gasteiger partial charge on any atom is 0.118 e. The Morgan fingerprint density at radius 2 is 2.05 bits per heavy atom. The van der Waals surface area contributed by atoms with E-state index < -0.39 is 0 Å². The van der Waals surface area contributed by atoms with Crippen LogP contribution in [-0.4, -0.2) is 17.5 Å². The van der Waals surface area contributed by atoms with E-state index in [4.69, 9.17) is 10.2 Å². The number of aryl methyl sites for hydroxylation is 1. The average Bonchev–Trinajstić information content (AvgIpc) is 3.11. The SMILES string of the molecule is Cc1oc(CN)cc1CN1CCCC1C1CCCC1. The second kappa shape index (κ2) is 5.68. The van der Waals surface area contributed by atoms with Crippen molar-refractivity contribution >= 4 is 0 Å². The van der Waals surface area contributed by atoms with Gasteiger partial charge in [-0.15, -0.1) is 0 Å². The highest BCUT2D eigenvalue weighted by atomic mass is 16.3. The first kappa shape index (κ1) is 13.2. The number of nitrogens with two attached hydrogens (primary N) is 1. The lowest BCUT2D eigenvalue weighted by molar-refractivity contribution is 0.182. The Labute approximate surface area is 116 Å². The molecule has 1 atom stereocenters. The van der Waals surface area contributed by atoms with Crippen molar-refractivity contribution in [2.75, 3.05) is 6.54 Å². The number of likely N-dealkylation sites (tertiary alicyclic amines) is 1. The third-order valence-electron chi connectivity index (χ3n) is 5.00. The van der Waals surface area contributed by atoms with Gasteiger partial charge >= 0.3 is 0 Å². The van der Waals surface area contributed by atoms with Crippen LogP contribution in [-0.2, 0) is 13.1 Å². The first-order valence-electron chi connectivity index (χ1n) is 7.80. The van der Waals surface area contributed by atoms with E-state index in [0.717, 1.165) is 30.0 Å². The number of hydrogen-bond acceptors (Lipinski definition) is 3. The van der Waals surface area contributed by atoms with Gasteiger partial charge in [0.05, 0.1) is 6.54 Å². The van der Waals surface area contributed by atoms with Crippen molar-refractivity contribution in [2.24, 2.45) is 11.7 Å². The summed E-state index contributed by atoms with van der Waals surface area (Å²) in [7, 11) is 0. The maximum absolute atomic E-state index is 5.68. The second-order valence-electron chi connectivity index (χ2n) is 6.22. The van der Waals surface area contributed by atoms with E-state index in [1.165, 1.54) is 50.6 Å². The zero-order chi connectivity index (χ0) is 13.2. The van der Waals surface area contributed by atoms with Crippen molar-refractivity contribution in [2.45, 2.75) is 64.6 Å². The lowest BCUT2D eigenvalue weighted by atomic mass is 9.96. The summed E-state index contributed by atoms with van der Waals surface area (Å²) in [6, 6.07) is 2.97.